The van der Waals surface area contributed by atoms with Crippen LogP contribution in [0.2, 0.25) is 0 Å². The van der Waals surface area contributed by atoms with Crippen molar-refractivity contribution >= 4 is 11.6 Å². The molecule has 1 unspecified atom stereocenters. The zero-order valence-electron chi connectivity index (χ0n) is 17.7. The second-order valence-corrected chi connectivity index (χ2v) is 8.20. The lowest BCUT2D eigenvalue weighted by Gasteiger charge is -2.24. The summed E-state index contributed by atoms with van der Waals surface area (Å²) in [5.41, 5.74) is 5.64. The van der Waals surface area contributed by atoms with Gasteiger partial charge in [-0.05, 0) is 68.5 Å². The zero-order valence-corrected chi connectivity index (χ0v) is 19.3. The largest absolute Gasteiger partial charge is 1.00 e. The number of nitrogens with zero attached hydrogens (tertiary/aromatic N) is 1. The zero-order chi connectivity index (χ0) is 21.3. The lowest BCUT2D eigenvalue weighted by Crippen LogP contribution is -3.00. The van der Waals surface area contributed by atoms with Gasteiger partial charge in [0.15, 0.2) is 30.5 Å². The van der Waals surface area contributed by atoms with Gasteiger partial charge in [0.1, 0.15) is 5.82 Å². The van der Waals surface area contributed by atoms with Crippen LogP contribution in [0.4, 0.5) is 4.39 Å². The van der Waals surface area contributed by atoms with E-state index >= 15 is 0 Å². The quantitative estimate of drug-likeness (QED) is 0.410. The van der Waals surface area contributed by atoms with Gasteiger partial charge < -0.3 is 17.0 Å². The van der Waals surface area contributed by atoms with Crippen molar-refractivity contribution in [1.82, 2.24) is 0 Å². The molecule has 1 atom stereocenters. The number of carbonyl (C=O) groups is 2. The summed E-state index contributed by atoms with van der Waals surface area (Å²) in [4.78, 5) is 25.4. The Balaban J connectivity index is 0.00000272. The van der Waals surface area contributed by atoms with Crippen molar-refractivity contribution in [3.63, 3.8) is 0 Å². The molecule has 160 valence electrons. The van der Waals surface area contributed by atoms with E-state index in [1.165, 1.54) is 17.7 Å². The van der Waals surface area contributed by atoms with E-state index in [4.69, 9.17) is 0 Å². The van der Waals surface area contributed by atoms with E-state index in [0.717, 1.165) is 35.1 Å². The summed E-state index contributed by atoms with van der Waals surface area (Å²) in [6.45, 7) is 4.15. The number of hydrogen-bond acceptors (Lipinski definition) is 2. The highest BCUT2D eigenvalue weighted by Crippen LogP contribution is 2.29. The summed E-state index contributed by atoms with van der Waals surface area (Å²) in [7, 11) is 0. The van der Waals surface area contributed by atoms with E-state index in [-0.39, 0.29) is 40.3 Å². The van der Waals surface area contributed by atoms with Crippen LogP contribution in [-0.2, 0) is 19.4 Å². The minimum atomic E-state index is -0.266. The van der Waals surface area contributed by atoms with Crippen molar-refractivity contribution in [3.8, 4) is 0 Å². The third-order valence-electron chi connectivity index (χ3n) is 5.89. The summed E-state index contributed by atoms with van der Waals surface area (Å²) >= 11 is 0. The third kappa shape index (κ3) is 5.16. The smallest absolute Gasteiger partial charge is 0.180 e. The van der Waals surface area contributed by atoms with Crippen LogP contribution in [0.15, 0.2) is 60.9 Å². The van der Waals surface area contributed by atoms with Gasteiger partial charge in [-0.1, -0.05) is 23.8 Å². The molecular formula is C26H25BrFNO2. The summed E-state index contributed by atoms with van der Waals surface area (Å²) in [5.74, 6) is -0.213. The molecule has 0 amide bonds. The Morgan fingerprint density at radius 3 is 2.58 bits per heavy atom. The number of fused-ring (bicyclic) bond motifs is 1. The van der Waals surface area contributed by atoms with Gasteiger partial charge in [0.25, 0.3) is 0 Å². The first-order valence-electron chi connectivity index (χ1n) is 10.3. The minimum absolute atomic E-state index is 0. The van der Waals surface area contributed by atoms with Crippen molar-refractivity contribution in [2.45, 2.75) is 39.7 Å². The van der Waals surface area contributed by atoms with Crippen LogP contribution >= 0.6 is 0 Å². The fourth-order valence-electron chi connectivity index (χ4n) is 4.27. The number of pyridine rings is 1. The average molecular weight is 482 g/mol. The Hall–Kier alpha value is -2.66. The molecule has 0 fully saturated rings. The molecule has 0 saturated carbocycles. The van der Waals surface area contributed by atoms with Crippen LogP contribution in [0.5, 0.6) is 0 Å². The molecule has 0 aliphatic heterocycles. The summed E-state index contributed by atoms with van der Waals surface area (Å²) in [6.07, 6.45) is 6.02. The normalized spacial score (nSPS) is 15.2. The van der Waals surface area contributed by atoms with Crippen LogP contribution in [-0.4, -0.2) is 11.6 Å². The molecular weight excluding hydrogens is 457 g/mol. The molecule has 31 heavy (non-hydrogen) atoms. The Morgan fingerprint density at radius 2 is 1.87 bits per heavy atom. The number of carbonyl (C=O) groups excluding carboxylic acids is 2. The van der Waals surface area contributed by atoms with Crippen LogP contribution in [0.3, 0.4) is 0 Å². The number of Topliss-reactive ketones (excluding diaryl/α,β-unsaturated/α-hetero) is 2. The first kappa shape index (κ1) is 23.0. The molecule has 0 bridgehead atoms. The second kappa shape index (κ2) is 9.65. The van der Waals surface area contributed by atoms with Crippen LogP contribution in [0, 0.1) is 18.7 Å². The molecule has 1 heterocycles. The van der Waals surface area contributed by atoms with Gasteiger partial charge in [0, 0.05) is 23.1 Å². The summed E-state index contributed by atoms with van der Waals surface area (Å²) < 4.78 is 15.1. The maximum Gasteiger partial charge on any atom is 0.180 e. The molecule has 4 rings (SSSR count). The predicted molar refractivity (Wildman–Crippen MR) is 113 cm³/mol. The fourth-order valence-corrected chi connectivity index (χ4v) is 4.27. The van der Waals surface area contributed by atoms with Crippen molar-refractivity contribution in [2.24, 2.45) is 5.92 Å². The second-order valence-electron chi connectivity index (χ2n) is 8.20. The molecule has 0 N–H and O–H groups in total. The minimum Gasteiger partial charge on any atom is -1.00 e. The Labute approximate surface area is 192 Å². The number of rotatable bonds is 5. The van der Waals surface area contributed by atoms with Crippen LogP contribution in [0.1, 0.15) is 56.3 Å². The number of ketones is 2. The molecule has 3 aromatic rings. The van der Waals surface area contributed by atoms with Crippen molar-refractivity contribution in [3.05, 3.63) is 100 Å². The van der Waals surface area contributed by atoms with Gasteiger partial charge in [0.05, 0.1) is 5.56 Å². The molecule has 1 aliphatic rings. The van der Waals surface area contributed by atoms with Crippen molar-refractivity contribution < 1.29 is 35.5 Å². The standard InChI is InChI=1S/C26H25FNO2.BrH/c1-17-3-10-24-20(13-17)6-7-22(26(24)30)14-21-11-12-28(16-25(21)18(2)29)15-19-4-8-23(27)9-5-19;/h3-5,8-13,16,22H,6-7,14-15H2,1-2H3;1H/q+1;/p-1. The van der Waals surface area contributed by atoms with Gasteiger partial charge in [0.2, 0.25) is 0 Å². The lowest BCUT2D eigenvalue weighted by atomic mass is 9.79. The average Bonchev–Trinajstić information content (AvgIpc) is 2.72. The van der Waals surface area contributed by atoms with E-state index < -0.39 is 0 Å². The monoisotopic (exact) mass is 481 g/mol. The molecule has 5 heteroatoms. The number of aryl methyl sites for hydroxylation is 2. The molecule has 0 saturated heterocycles. The fraction of sp³-hybridized carbons (Fsp3) is 0.269. The Morgan fingerprint density at radius 1 is 1.13 bits per heavy atom. The summed E-state index contributed by atoms with van der Waals surface area (Å²) in [5, 5.41) is 0. The summed E-state index contributed by atoms with van der Waals surface area (Å²) in [6, 6.07) is 14.3. The number of benzene rings is 2. The predicted octanol–water partition coefficient (Wildman–Crippen LogP) is 1.66. The Kier molecular flexibility index (Phi) is 7.16. The highest BCUT2D eigenvalue weighted by Gasteiger charge is 2.29. The van der Waals surface area contributed by atoms with Crippen LogP contribution in [0.25, 0.3) is 0 Å². The number of halogens is 2. The van der Waals surface area contributed by atoms with Crippen LogP contribution < -0.4 is 21.5 Å². The van der Waals surface area contributed by atoms with Gasteiger partial charge in [-0.2, -0.15) is 0 Å². The number of aromatic nitrogens is 1. The molecule has 1 aromatic heterocycles. The van der Waals surface area contributed by atoms with E-state index in [1.807, 2.05) is 42.1 Å². The maximum absolute atomic E-state index is 13.1. The lowest BCUT2D eigenvalue weighted by molar-refractivity contribution is -0.688. The highest BCUT2D eigenvalue weighted by atomic mass is 79.9. The maximum atomic E-state index is 13.1. The first-order valence-corrected chi connectivity index (χ1v) is 10.3. The Bertz CT molecular complexity index is 1120. The molecule has 3 nitrogen and oxygen atoms in total. The van der Waals surface area contributed by atoms with E-state index in [1.54, 1.807) is 19.1 Å². The molecule has 1 aliphatic carbocycles. The SMILES string of the molecule is CC(=O)c1c[n+](Cc2ccc(F)cc2)ccc1CC1CCc2cc(C)ccc2C1=O.[Br-]. The van der Waals surface area contributed by atoms with Gasteiger partial charge in [-0.3, -0.25) is 9.59 Å². The van der Waals surface area contributed by atoms with Crippen molar-refractivity contribution in [1.29, 1.82) is 0 Å². The van der Waals surface area contributed by atoms with E-state index in [0.29, 0.717) is 18.5 Å². The van der Waals surface area contributed by atoms with Gasteiger partial charge >= 0.3 is 0 Å². The molecule has 0 radical (unpaired) electrons. The molecule has 0 spiro atoms. The third-order valence-corrected chi connectivity index (χ3v) is 5.89. The van der Waals surface area contributed by atoms with E-state index in [2.05, 4.69) is 6.07 Å². The highest BCUT2D eigenvalue weighted by molar-refractivity contribution is 6.01. The topological polar surface area (TPSA) is 38.0 Å². The molecule has 2 aromatic carbocycles. The van der Waals surface area contributed by atoms with Crippen molar-refractivity contribution in [2.75, 3.05) is 0 Å². The van der Waals surface area contributed by atoms with Gasteiger partial charge in [-0.25, -0.2) is 8.96 Å². The number of hydrogen-bond donors (Lipinski definition) is 0. The van der Waals surface area contributed by atoms with E-state index in [9.17, 15) is 14.0 Å². The first-order chi connectivity index (χ1) is 14.4. The van der Waals surface area contributed by atoms with Gasteiger partial charge in [-0.15, -0.1) is 0 Å².